The quantitative estimate of drug-likeness (QED) is 0.555. The molecule has 0 radical (unpaired) electrons. The molecule has 5 nitrogen and oxygen atoms in total. The zero-order valence-electron chi connectivity index (χ0n) is 12.7. The number of nitrogens with zero attached hydrogens (tertiary/aromatic N) is 2. The Morgan fingerprint density at radius 3 is 2.79 bits per heavy atom. The van der Waals surface area contributed by atoms with Crippen LogP contribution in [0.5, 0.6) is 5.75 Å². The van der Waals surface area contributed by atoms with Crippen LogP contribution in [-0.2, 0) is 6.54 Å². The van der Waals surface area contributed by atoms with Crippen molar-refractivity contribution in [2.45, 2.75) is 6.54 Å². The molecule has 0 amide bonds. The van der Waals surface area contributed by atoms with E-state index in [1.165, 1.54) is 16.0 Å². The van der Waals surface area contributed by atoms with Crippen LogP contribution in [0.1, 0.15) is 0 Å². The van der Waals surface area contributed by atoms with Gasteiger partial charge in [0.1, 0.15) is 12.4 Å². The summed E-state index contributed by atoms with van der Waals surface area (Å²) in [4.78, 5) is 12.7. The van der Waals surface area contributed by atoms with Gasteiger partial charge in [-0.15, -0.1) is 16.4 Å². The van der Waals surface area contributed by atoms with Crippen molar-refractivity contribution in [3.05, 3.63) is 70.5 Å². The molecule has 0 unspecified atom stereocenters. The van der Waals surface area contributed by atoms with Gasteiger partial charge in [-0.3, -0.25) is 0 Å². The van der Waals surface area contributed by atoms with Crippen LogP contribution in [0.4, 0.5) is 0 Å². The molecule has 4 aromatic rings. The zero-order valence-corrected chi connectivity index (χ0v) is 13.5. The largest absolute Gasteiger partial charge is 0.492 e. The third-order valence-corrected chi connectivity index (χ3v) is 4.49. The van der Waals surface area contributed by atoms with Crippen LogP contribution in [-0.4, -0.2) is 16.4 Å². The maximum Gasteiger partial charge on any atom is 0.437 e. The molecule has 0 saturated carbocycles. The fourth-order valence-corrected chi connectivity index (χ4v) is 3.10. The maximum atomic E-state index is 11.8. The van der Waals surface area contributed by atoms with Gasteiger partial charge in [0.25, 0.3) is 5.89 Å². The summed E-state index contributed by atoms with van der Waals surface area (Å²) in [5.41, 5.74) is 0. The monoisotopic (exact) mass is 338 g/mol. The Morgan fingerprint density at radius 2 is 1.96 bits per heavy atom. The van der Waals surface area contributed by atoms with Crippen molar-refractivity contribution in [2.24, 2.45) is 0 Å². The van der Waals surface area contributed by atoms with E-state index in [-0.39, 0.29) is 0 Å². The molecule has 2 aromatic carbocycles. The molecule has 4 rings (SSSR count). The maximum absolute atomic E-state index is 11.8. The van der Waals surface area contributed by atoms with Crippen molar-refractivity contribution in [1.29, 1.82) is 0 Å². The summed E-state index contributed by atoms with van der Waals surface area (Å²) in [7, 11) is 0. The van der Waals surface area contributed by atoms with Crippen LogP contribution in [0.2, 0.25) is 0 Å². The van der Waals surface area contributed by atoms with Gasteiger partial charge in [0.2, 0.25) is 0 Å². The molecule has 0 spiro atoms. The normalized spacial score (nSPS) is 11.0. The van der Waals surface area contributed by atoms with Crippen LogP contribution < -0.4 is 10.5 Å². The highest BCUT2D eigenvalue weighted by molar-refractivity contribution is 7.13. The minimum Gasteiger partial charge on any atom is -0.492 e. The van der Waals surface area contributed by atoms with E-state index in [0.717, 1.165) is 21.4 Å². The summed E-state index contributed by atoms with van der Waals surface area (Å²) in [6.45, 7) is 0.676. The highest BCUT2D eigenvalue weighted by Gasteiger charge is 2.10. The highest BCUT2D eigenvalue weighted by atomic mass is 32.1. The molecule has 0 fully saturated rings. The topological polar surface area (TPSA) is 57.3 Å². The molecule has 0 aliphatic carbocycles. The van der Waals surface area contributed by atoms with Crippen molar-refractivity contribution in [3.63, 3.8) is 0 Å². The Hall–Kier alpha value is -2.86. The van der Waals surface area contributed by atoms with Gasteiger partial charge in [-0.2, -0.15) is 4.68 Å². The van der Waals surface area contributed by atoms with Crippen LogP contribution in [0.15, 0.2) is 69.2 Å². The zero-order chi connectivity index (χ0) is 16.4. The first-order valence-electron chi connectivity index (χ1n) is 7.53. The van der Waals surface area contributed by atoms with E-state index in [1.54, 1.807) is 0 Å². The van der Waals surface area contributed by atoms with Crippen LogP contribution >= 0.6 is 11.3 Å². The number of hydrogen-bond donors (Lipinski definition) is 0. The predicted molar refractivity (Wildman–Crippen MR) is 93.5 cm³/mol. The van der Waals surface area contributed by atoms with E-state index >= 15 is 0 Å². The Morgan fingerprint density at radius 1 is 1.08 bits per heavy atom. The first-order chi connectivity index (χ1) is 11.8. The number of thiophene rings is 1. The van der Waals surface area contributed by atoms with Crippen LogP contribution in [0.25, 0.3) is 21.5 Å². The molecular weight excluding hydrogens is 324 g/mol. The first kappa shape index (κ1) is 14.7. The van der Waals surface area contributed by atoms with Gasteiger partial charge in [-0.05, 0) is 34.4 Å². The lowest BCUT2D eigenvalue weighted by atomic mass is 10.1. The lowest BCUT2D eigenvalue weighted by Gasteiger charge is -2.06. The molecule has 2 heterocycles. The number of hydrogen-bond acceptors (Lipinski definition) is 5. The van der Waals surface area contributed by atoms with E-state index in [2.05, 4.69) is 11.2 Å². The van der Waals surface area contributed by atoms with E-state index in [4.69, 9.17) is 9.15 Å². The smallest absolute Gasteiger partial charge is 0.437 e. The van der Waals surface area contributed by atoms with Crippen molar-refractivity contribution in [3.8, 4) is 16.5 Å². The number of fused-ring (bicyclic) bond motifs is 1. The van der Waals surface area contributed by atoms with Gasteiger partial charge in [0.15, 0.2) is 0 Å². The van der Waals surface area contributed by atoms with Gasteiger partial charge in [-0.25, -0.2) is 4.79 Å². The Balaban J connectivity index is 1.44. The molecule has 2 aromatic heterocycles. The van der Waals surface area contributed by atoms with E-state index in [9.17, 15) is 4.79 Å². The molecule has 0 N–H and O–H groups in total. The molecule has 0 aliphatic rings. The van der Waals surface area contributed by atoms with Crippen LogP contribution in [0.3, 0.4) is 0 Å². The van der Waals surface area contributed by atoms with Crippen molar-refractivity contribution in [2.75, 3.05) is 6.61 Å². The molecule has 120 valence electrons. The molecule has 24 heavy (non-hydrogen) atoms. The summed E-state index contributed by atoms with van der Waals surface area (Å²) in [5.74, 6) is 0.643. The predicted octanol–water partition coefficient (Wildman–Crippen LogP) is 3.80. The Labute approximate surface area is 141 Å². The number of aromatic nitrogens is 2. The number of ether oxygens (including phenoxy) is 1. The summed E-state index contributed by atoms with van der Waals surface area (Å²) in [5, 5.41) is 8.40. The third-order valence-electron chi connectivity index (χ3n) is 3.63. The first-order valence-corrected chi connectivity index (χ1v) is 8.41. The molecule has 0 saturated heterocycles. The van der Waals surface area contributed by atoms with Gasteiger partial charge >= 0.3 is 5.76 Å². The van der Waals surface area contributed by atoms with Crippen molar-refractivity contribution >= 4 is 22.1 Å². The fraction of sp³-hybridized carbons (Fsp3) is 0.111. The number of benzene rings is 2. The Bertz CT molecular complexity index is 1020. The average Bonchev–Trinajstić information content (AvgIpc) is 3.25. The number of rotatable bonds is 5. The second kappa shape index (κ2) is 6.33. The lowest BCUT2D eigenvalue weighted by Crippen LogP contribution is -2.20. The van der Waals surface area contributed by atoms with E-state index in [0.29, 0.717) is 19.0 Å². The van der Waals surface area contributed by atoms with Gasteiger partial charge in [0, 0.05) is 0 Å². The van der Waals surface area contributed by atoms with Gasteiger partial charge in [-0.1, -0.05) is 36.4 Å². The average molecular weight is 338 g/mol. The molecule has 0 aliphatic heterocycles. The van der Waals surface area contributed by atoms with Crippen LogP contribution in [0, 0.1) is 0 Å². The molecule has 0 atom stereocenters. The molecule has 6 heteroatoms. The summed E-state index contributed by atoms with van der Waals surface area (Å²) in [6, 6.07) is 17.8. The lowest BCUT2D eigenvalue weighted by molar-refractivity contribution is 0.286. The third kappa shape index (κ3) is 2.96. The second-order valence-electron chi connectivity index (χ2n) is 5.23. The molecular formula is C18H14N2O3S. The van der Waals surface area contributed by atoms with Crippen molar-refractivity contribution < 1.29 is 9.15 Å². The summed E-state index contributed by atoms with van der Waals surface area (Å²) in [6.07, 6.45) is 0. The van der Waals surface area contributed by atoms with Gasteiger partial charge < -0.3 is 9.15 Å². The Kier molecular flexibility index (Phi) is 3.88. The van der Waals surface area contributed by atoms with Gasteiger partial charge in [0.05, 0.1) is 11.4 Å². The highest BCUT2D eigenvalue weighted by Crippen LogP contribution is 2.22. The fourth-order valence-electron chi connectivity index (χ4n) is 2.45. The minimum atomic E-state index is -0.472. The molecule has 0 bridgehead atoms. The van der Waals surface area contributed by atoms with E-state index in [1.807, 2.05) is 53.9 Å². The van der Waals surface area contributed by atoms with Crippen molar-refractivity contribution in [1.82, 2.24) is 9.78 Å². The second-order valence-corrected chi connectivity index (χ2v) is 6.18. The SMILES string of the molecule is O=c1oc(-c2cccs2)nn1CCOc1ccc2ccccc2c1. The van der Waals surface area contributed by atoms with E-state index < -0.39 is 5.76 Å². The summed E-state index contributed by atoms with van der Waals surface area (Å²) < 4.78 is 12.2. The minimum absolute atomic E-state index is 0.334. The standard InChI is InChI=1S/C18H14N2O3S/c21-18-20(19-17(23-18)16-6-3-11-24-16)9-10-22-15-8-7-13-4-1-2-5-14(13)12-15/h1-8,11-12H,9-10H2. The summed E-state index contributed by atoms with van der Waals surface area (Å²) >= 11 is 1.48.